The highest BCUT2D eigenvalue weighted by Gasteiger charge is 2.10. The minimum Gasteiger partial charge on any atom is -0.497 e. The fraction of sp³-hybridized carbons (Fsp3) is 0.185. The van der Waals surface area contributed by atoms with E-state index >= 15 is 0 Å². The molecule has 0 unspecified atom stereocenters. The third kappa shape index (κ3) is 5.80. The number of carbonyl (C=O) groups is 1. The van der Waals surface area contributed by atoms with E-state index in [4.69, 9.17) is 9.47 Å². The SMILES string of the molecule is COc1cccc(Cn2cc(NC(=O)c3cccc(COc4ccc(C)cc4C)c3)cn2)c1. The summed E-state index contributed by atoms with van der Waals surface area (Å²) in [5.74, 6) is 1.46. The Morgan fingerprint density at radius 1 is 1.00 bits per heavy atom. The summed E-state index contributed by atoms with van der Waals surface area (Å²) in [6.07, 6.45) is 3.45. The molecule has 0 bridgehead atoms. The number of hydrogen-bond acceptors (Lipinski definition) is 4. The molecule has 0 atom stereocenters. The normalized spacial score (nSPS) is 10.6. The minimum atomic E-state index is -0.190. The van der Waals surface area contributed by atoms with E-state index < -0.39 is 0 Å². The summed E-state index contributed by atoms with van der Waals surface area (Å²) in [6, 6.07) is 21.4. The van der Waals surface area contributed by atoms with E-state index in [9.17, 15) is 4.79 Å². The van der Waals surface area contributed by atoms with Crippen molar-refractivity contribution in [2.24, 2.45) is 0 Å². The highest BCUT2D eigenvalue weighted by molar-refractivity contribution is 6.04. The van der Waals surface area contributed by atoms with Crippen LogP contribution in [-0.2, 0) is 13.2 Å². The third-order valence-corrected chi connectivity index (χ3v) is 5.28. The summed E-state index contributed by atoms with van der Waals surface area (Å²) in [4.78, 5) is 12.8. The van der Waals surface area contributed by atoms with Crippen LogP contribution < -0.4 is 14.8 Å². The van der Waals surface area contributed by atoms with E-state index in [0.717, 1.165) is 28.2 Å². The van der Waals surface area contributed by atoms with Crippen molar-refractivity contribution < 1.29 is 14.3 Å². The number of amides is 1. The second-order valence-electron chi connectivity index (χ2n) is 7.99. The van der Waals surface area contributed by atoms with E-state index in [1.54, 1.807) is 24.1 Å². The molecule has 168 valence electrons. The molecular weight excluding hydrogens is 414 g/mol. The summed E-state index contributed by atoms with van der Waals surface area (Å²) >= 11 is 0. The topological polar surface area (TPSA) is 65.4 Å². The standard InChI is InChI=1S/C27H27N3O3/c1-19-10-11-26(20(2)12-19)33-18-22-7-4-8-23(13-22)27(31)29-24-15-28-30(17-24)16-21-6-5-9-25(14-21)32-3/h4-15,17H,16,18H2,1-3H3,(H,29,31). The predicted octanol–water partition coefficient (Wildman–Crippen LogP) is 5.39. The van der Waals surface area contributed by atoms with Crippen LogP contribution in [0.15, 0.2) is 79.1 Å². The number of rotatable bonds is 8. The highest BCUT2D eigenvalue weighted by Crippen LogP contribution is 2.21. The van der Waals surface area contributed by atoms with Crippen LogP contribution in [0.5, 0.6) is 11.5 Å². The number of nitrogens with zero attached hydrogens (tertiary/aromatic N) is 2. The molecule has 0 saturated heterocycles. The van der Waals surface area contributed by atoms with Crippen molar-refractivity contribution >= 4 is 11.6 Å². The quantitative estimate of drug-likeness (QED) is 0.398. The van der Waals surface area contributed by atoms with E-state index in [1.807, 2.05) is 67.7 Å². The second kappa shape index (κ2) is 10.0. The smallest absolute Gasteiger partial charge is 0.255 e. The maximum Gasteiger partial charge on any atom is 0.255 e. The lowest BCUT2D eigenvalue weighted by Crippen LogP contribution is -2.12. The van der Waals surface area contributed by atoms with Gasteiger partial charge in [0.1, 0.15) is 18.1 Å². The second-order valence-corrected chi connectivity index (χ2v) is 7.99. The molecule has 1 amide bonds. The maximum absolute atomic E-state index is 12.8. The van der Waals surface area contributed by atoms with Crippen molar-refractivity contribution in [1.29, 1.82) is 0 Å². The first-order valence-electron chi connectivity index (χ1n) is 10.8. The van der Waals surface area contributed by atoms with Crippen LogP contribution in [0.3, 0.4) is 0 Å². The average Bonchev–Trinajstić information content (AvgIpc) is 3.25. The lowest BCUT2D eigenvalue weighted by atomic mass is 10.1. The summed E-state index contributed by atoms with van der Waals surface area (Å²) in [6.45, 7) is 5.06. The molecule has 0 aliphatic rings. The van der Waals surface area contributed by atoms with Gasteiger partial charge in [0.25, 0.3) is 5.91 Å². The molecule has 0 radical (unpaired) electrons. The number of aromatic nitrogens is 2. The summed E-state index contributed by atoms with van der Waals surface area (Å²) < 4.78 is 13.0. The fourth-order valence-corrected chi connectivity index (χ4v) is 3.60. The molecule has 1 heterocycles. The first kappa shape index (κ1) is 22.1. The van der Waals surface area contributed by atoms with Crippen LogP contribution >= 0.6 is 0 Å². The first-order chi connectivity index (χ1) is 16.0. The molecular formula is C27H27N3O3. The number of carbonyl (C=O) groups excluding carboxylic acids is 1. The van der Waals surface area contributed by atoms with Crippen LogP contribution in [0.25, 0.3) is 0 Å². The van der Waals surface area contributed by atoms with Crippen molar-refractivity contribution in [3.05, 3.63) is 107 Å². The molecule has 0 aliphatic heterocycles. The van der Waals surface area contributed by atoms with Gasteiger partial charge in [0, 0.05) is 11.8 Å². The number of benzene rings is 3. The van der Waals surface area contributed by atoms with Gasteiger partial charge in [-0.2, -0.15) is 5.10 Å². The number of nitrogens with one attached hydrogen (secondary N) is 1. The predicted molar refractivity (Wildman–Crippen MR) is 129 cm³/mol. The van der Waals surface area contributed by atoms with E-state index in [-0.39, 0.29) is 5.91 Å². The molecule has 33 heavy (non-hydrogen) atoms. The third-order valence-electron chi connectivity index (χ3n) is 5.28. The molecule has 6 nitrogen and oxygen atoms in total. The first-order valence-corrected chi connectivity index (χ1v) is 10.8. The van der Waals surface area contributed by atoms with Gasteiger partial charge < -0.3 is 14.8 Å². The van der Waals surface area contributed by atoms with Gasteiger partial charge >= 0.3 is 0 Å². The Kier molecular flexibility index (Phi) is 6.74. The van der Waals surface area contributed by atoms with Gasteiger partial charge in [-0.25, -0.2) is 0 Å². The molecule has 6 heteroatoms. The van der Waals surface area contributed by atoms with Crippen LogP contribution in [0.2, 0.25) is 0 Å². The molecule has 0 fully saturated rings. The zero-order valence-corrected chi connectivity index (χ0v) is 19.0. The molecule has 4 rings (SSSR count). The van der Waals surface area contributed by atoms with Crippen LogP contribution in [-0.4, -0.2) is 22.8 Å². The fourth-order valence-electron chi connectivity index (χ4n) is 3.60. The van der Waals surface area contributed by atoms with Gasteiger partial charge in [0.2, 0.25) is 0 Å². The van der Waals surface area contributed by atoms with Gasteiger partial charge in [-0.1, -0.05) is 42.0 Å². The Morgan fingerprint density at radius 2 is 1.82 bits per heavy atom. The average molecular weight is 442 g/mol. The Hall–Kier alpha value is -4.06. The van der Waals surface area contributed by atoms with Gasteiger partial charge in [0.05, 0.1) is 25.5 Å². The van der Waals surface area contributed by atoms with E-state index in [2.05, 4.69) is 23.4 Å². The largest absolute Gasteiger partial charge is 0.497 e. The summed E-state index contributed by atoms with van der Waals surface area (Å²) in [5, 5.41) is 7.27. The van der Waals surface area contributed by atoms with Crippen LogP contribution in [0, 0.1) is 13.8 Å². The van der Waals surface area contributed by atoms with Crippen molar-refractivity contribution in [2.45, 2.75) is 27.0 Å². The van der Waals surface area contributed by atoms with Crippen molar-refractivity contribution in [3.63, 3.8) is 0 Å². The molecule has 0 saturated carbocycles. The lowest BCUT2D eigenvalue weighted by molar-refractivity contribution is 0.102. The maximum atomic E-state index is 12.8. The van der Waals surface area contributed by atoms with E-state index in [0.29, 0.717) is 24.4 Å². The zero-order chi connectivity index (χ0) is 23.2. The number of aryl methyl sites for hydroxylation is 2. The molecule has 1 N–H and O–H groups in total. The van der Waals surface area contributed by atoms with Gasteiger partial charge in [-0.3, -0.25) is 9.48 Å². The summed E-state index contributed by atoms with van der Waals surface area (Å²) in [7, 11) is 1.64. The van der Waals surface area contributed by atoms with Crippen LogP contribution in [0.1, 0.15) is 32.6 Å². The van der Waals surface area contributed by atoms with Gasteiger partial charge in [-0.15, -0.1) is 0 Å². The monoisotopic (exact) mass is 441 g/mol. The van der Waals surface area contributed by atoms with Crippen molar-refractivity contribution in [2.75, 3.05) is 12.4 Å². The zero-order valence-electron chi connectivity index (χ0n) is 19.0. The Balaban J connectivity index is 1.37. The van der Waals surface area contributed by atoms with Crippen LogP contribution in [0.4, 0.5) is 5.69 Å². The number of hydrogen-bond donors (Lipinski definition) is 1. The van der Waals surface area contributed by atoms with E-state index in [1.165, 1.54) is 5.56 Å². The van der Waals surface area contributed by atoms with Gasteiger partial charge in [0.15, 0.2) is 0 Å². The Labute approximate surface area is 193 Å². The molecule has 3 aromatic carbocycles. The molecule has 4 aromatic rings. The molecule has 1 aromatic heterocycles. The van der Waals surface area contributed by atoms with Gasteiger partial charge in [-0.05, 0) is 60.9 Å². The highest BCUT2D eigenvalue weighted by atomic mass is 16.5. The molecule has 0 spiro atoms. The van der Waals surface area contributed by atoms with Crippen molar-refractivity contribution in [3.8, 4) is 11.5 Å². The number of ether oxygens (including phenoxy) is 2. The minimum absolute atomic E-state index is 0.190. The summed E-state index contributed by atoms with van der Waals surface area (Å²) in [5.41, 5.74) is 5.49. The van der Waals surface area contributed by atoms with Crippen molar-refractivity contribution in [1.82, 2.24) is 9.78 Å². The number of anilines is 1. The lowest BCUT2D eigenvalue weighted by Gasteiger charge is -2.11. The molecule has 0 aliphatic carbocycles. The Morgan fingerprint density at radius 3 is 2.64 bits per heavy atom. The Bertz CT molecular complexity index is 1260. The number of methoxy groups -OCH3 is 1.